The molecule has 0 atom stereocenters. The first-order chi connectivity index (χ1) is 13.4. The fraction of sp³-hybridized carbons (Fsp3) is 0.318. The molecule has 1 aliphatic heterocycles. The minimum Gasteiger partial charge on any atom is -0.462 e. The molecule has 1 aliphatic rings. The molecular formula is C22H22Cl2N2O2. The molecule has 0 N–H and O–H groups in total. The lowest BCUT2D eigenvalue weighted by atomic mass is 10.1. The van der Waals surface area contributed by atoms with E-state index >= 15 is 0 Å². The van der Waals surface area contributed by atoms with E-state index in [0.717, 1.165) is 26.2 Å². The van der Waals surface area contributed by atoms with Gasteiger partial charge < -0.3 is 9.32 Å². The maximum Gasteiger partial charge on any atom is 0.197 e. The smallest absolute Gasteiger partial charge is 0.197 e. The van der Waals surface area contributed by atoms with Crippen molar-refractivity contribution in [3.63, 3.8) is 0 Å². The largest absolute Gasteiger partial charge is 0.462 e. The highest BCUT2D eigenvalue weighted by molar-refractivity contribution is 6.38. The van der Waals surface area contributed by atoms with E-state index in [0.29, 0.717) is 33.1 Å². The summed E-state index contributed by atoms with van der Waals surface area (Å²) >= 11 is 12.2. The van der Waals surface area contributed by atoms with Crippen LogP contribution in [0.25, 0.3) is 11.0 Å². The van der Waals surface area contributed by atoms with E-state index in [2.05, 4.69) is 41.8 Å². The Bertz CT molecular complexity index is 1090. The summed E-state index contributed by atoms with van der Waals surface area (Å²) in [6.07, 6.45) is 1.53. The summed E-state index contributed by atoms with van der Waals surface area (Å²) in [5.41, 5.74) is 4.90. The average molecular weight is 417 g/mol. The van der Waals surface area contributed by atoms with E-state index in [4.69, 9.17) is 27.6 Å². The van der Waals surface area contributed by atoms with Crippen LogP contribution in [0.5, 0.6) is 0 Å². The topological polar surface area (TPSA) is 36.7 Å². The van der Waals surface area contributed by atoms with Gasteiger partial charge in [-0.05, 0) is 43.2 Å². The minimum atomic E-state index is -0.0670. The summed E-state index contributed by atoms with van der Waals surface area (Å²) in [4.78, 5) is 17.6. The quantitative estimate of drug-likeness (QED) is 0.599. The molecule has 0 spiro atoms. The van der Waals surface area contributed by atoms with Crippen LogP contribution in [-0.2, 0) is 6.54 Å². The van der Waals surface area contributed by atoms with Gasteiger partial charge in [-0.3, -0.25) is 9.69 Å². The lowest BCUT2D eigenvalue weighted by molar-refractivity contribution is 0.247. The van der Waals surface area contributed by atoms with Crippen LogP contribution < -0.4 is 10.3 Å². The number of halogens is 2. The number of aryl methyl sites for hydroxylation is 1. The Labute approximate surface area is 174 Å². The molecule has 1 fully saturated rings. The molecule has 0 aliphatic carbocycles. The van der Waals surface area contributed by atoms with Crippen LogP contribution in [0, 0.1) is 13.8 Å². The van der Waals surface area contributed by atoms with Crippen molar-refractivity contribution in [3.8, 4) is 0 Å². The van der Waals surface area contributed by atoms with Crippen molar-refractivity contribution in [2.75, 3.05) is 31.1 Å². The molecule has 0 bridgehead atoms. The molecule has 2 heterocycles. The Morgan fingerprint density at radius 2 is 1.82 bits per heavy atom. The van der Waals surface area contributed by atoms with E-state index in [1.165, 1.54) is 23.1 Å². The Morgan fingerprint density at radius 1 is 1.07 bits per heavy atom. The van der Waals surface area contributed by atoms with Crippen LogP contribution in [0.15, 0.2) is 45.8 Å². The molecule has 3 aromatic rings. The number of nitrogens with zero attached hydrogens (tertiary/aromatic N) is 2. The predicted molar refractivity (Wildman–Crippen MR) is 116 cm³/mol. The van der Waals surface area contributed by atoms with Crippen molar-refractivity contribution >= 4 is 39.9 Å². The number of hydrogen-bond acceptors (Lipinski definition) is 4. The van der Waals surface area contributed by atoms with Crippen LogP contribution in [0.4, 0.5) is 5.69 Å². The third kappa shape index (κ3) is 3.64. The summed E-state index contributed by atoms with van der Waals surface area (Å²) in [7, 11) is 0. The Balaban J connectivity index is 1.50. The third-order valence-electron chi connectivity index (χ3n) is 5.55. The second-order valence-corrected chi connectivity index (χ2v) is 8.18. The molecule has 0 amide bonds. The lowest BCUT2D eigenvalue weighted by Gasteiger charge is -2.37. The molecule has 28 heavy (non-hydrogen) atoms. The summed E-state index contributed by atoms with van der Waals surface area (Å²) in [6, 6.07) is 9.65. The van der Waals surface area contributed by atoms with Crippen LogP contribution >= 0.6 is 23.2 Å². The van der Waals surface area contributed by atoms with Gasteiger partial charge in [-0.1, -0.05) is 35.3 Å². The summed E-state index contributed by atoms with van der Waals surface area (Å²) in [5, 5.41) is 1.22. The zero-order valence-electron chi connectivity index (χ0n) is 16.0. The zero-order chi connectivity index (χ0) is 19.8. The molecule has 0 radical (unpaired) electrons. The SMILES string of the molecule is Cc1cccc(N2CCN(Cc3coc4c(Cl)cc(Cl)cc4c3=O)CC2)c1C. The van der Waals surface area contributed by atoms with Crippen molar-refractivity contribution < 1.29 is 4.42 Å². The van der Waals surface area contributed by atoms with Gasteiger partial charge in [0.15, 0.2) is 11.0 Å². The summed E-state index contributed by atoms with van der Waals surface area (Å²) in [5.74, 6) is 0. The Hall–Kier alpha value is -2.01. The Morgan fingerprint density at radius 3 is 2.57 bits per heavy atom. The van der Waals surface area contributed by atoms with Gasteiger partial charge in [-0.15, -0.1) is 0 Å². The van der Waals surface area contributed by atoms with Gasteiger partial charge in [0.25, 0.3) is 0 Å². The van der Waals surface area contributed by atoms with Crippen molar-refractivity contribution in [3.05, 3.63) is 73.6 Å². The molecule has 146 valence electrons. The fourth-order valence-corrected chi connectivity index (χ4v) is 4.32. The first-order valence-electron chi connectivity index (χ1n) is 9.37. The number of rotatable bonds is 3. The minimum absolute atomic E-state index is 0.0670. The van der Waals surface area contributed by atoms with Crippen LogP contribution in [0.2, 0.25) is 10.0 Å². The molecule has 4 rings (SSSR count). The van der Waals surface area contributed by atoms with E-state index in [1.807, 2.05) is 0 Å². The van der Waals surface area contributed by atoms with E-state index in [-0.39, 0.29) is 5.43 Å². The van der Waals surface area contributed by atoms with Crippen LogP contribution in [-0.4, -0.2) is 31.1 Å². The highest BCUT2D eigenvalue weighted by atomic mass is 35.5. The predicted octanol–water partition coefficient (Wildman–Crippen LogP) is 5.04. The summed E-state index contributed by atoms with van der Waals surface area (Å²) in [6.45, 7) is 8.52. The highest BCUT2D eigenvalue weighted by Crippen LogP contribution is 2.27. The highest BCUT2D eigenvalue weighted by Gasteiger charge is 2.20. The number of hydrogen-bond donors (Lipinski definition) is 0. The van der Waals surface area contributed by atoms with Crippen molar-refractivity contribution in [2.24, 2.45) is 0 Å². The molecule has 4 nitrogen and oxygen atoms in total. The molecular weight excluding hydrogens is 395 g/mol. The van der Waals surface area contributed by atoms with Gasteiger partial charge in [-0.25, -0.2) is 0 Å². The Kier molecular flexibility index (Phi) is 5.37. The zero-order valence-corrected chi connectivity index (χ0v) is 17.5. The van der Waals surface area contributed by atoms with Crippen molar-refractivity contribution in [2.45, 2.75) is 20.4 Å². The van der Waals surface area contributed by atoms with Gasteiger partial charge in [0, 0.05) is 49.0 Å². The number of fused-ring (bicyclic) bond motifs is 1. The molecule has 6 heteroatoms. The van der Waals surface area contributed by atoms with E-state index in [9.17, 15) is 4.79 Å². The van der Waals surface area contributed by atoms with Gasteiger partial charge >= 0.3 is 0 Å². The number of piperazine rings is 1. The standard InChI is InChI=1S/C22H22Cl2N2O2/c1-14-4-3-5-20(15(14)2)26-8-6-25(7-9-26)12-16-13-28-22-18(21(16)27)10-17(23)11-19(22)24/h3-5,10-11,13H,6-9,12H2,1-2H3. The fourth-order valence-electron chi connectivity index (χ4n) is 3.78. The second kappa shape index (κ2) is 7.78. The number of benzene rings is 2. The molecule has 0 saturated carbocycles. The van der Waals surface area contributed by atoms with Crippen molar-refractivity contribution in [1.82, 2.24) is 4.90 Å². The monoisotopic (exact) mass is 416 g/mol. The van der Waals surface area contributed by atoms with E-state index in [1.54, 1.807) is 12.1 Å². The van der Waals surface area contributed by atoms with Gasteiger partial charge in [0.1, 0.15) is 0 Å². The van der Waals surface area contributed by atoms with Gasteiger partial charge in [0.05, 0.1) is 16.7 Å². The van der Waals surface area contributed by atoms with Crippen LogP contribution in [0.1, 0.15) is 16.7 Å². The van der Waals surface area contributed by atoms with Crippen molar-refractivity contribution in [1.29, 1.82) is 0 Å². The maximum atomic E-state index is 12.9. The number of anilines is 1. The lowest BCUT2D eigenvalue weighted by Crippen LogP contribution is -2.46. The molecule has 0 unspecified atom stereocenters. The van der Waals surface area contributed by atoms with E-state index < -0.39 is 0 Å². The first-order valence-corrected chi connectivity index (χ1v) is 10.1. The average Bonchev–Trinajstić information content (AvgIpc) is 2.67. The molecule has 2 aromatic carbocycles. The molecule has 1 saturated heterocycles. The first kappa shape index (κ1) is 19.3. The third-order valence-corrected chi connectivity index (χ3v) is 6.05. The normalized spacial score (nSPS) is 15.4. The maximum absolute atomic E-state index is 12.9. The van der Waals surface area contributed by atoms with Crippen LogP contribution in [0.3, 0.4) is 0 Å². The summed E-state index contributed by atoms with van der Waals surface area (Å²) < 4.78 is 5.64. The van der Waals surface area contributed by atoms with Gasteiger partial charge in [0.2, 0.25) is 0 Å². The second-order valence-electron chi connectivity index (χ2n) is 7.34. The molecule has 1 aromatic heterocycles. The van der Waals surface area contributed by atoms with Gasteiger partial charge in [-0.2, -0.15) is 0 Å².